The molecular formula is C21H22ClN3O3S2. The van der Waals surface area contributed by atoms with Crippen molar-refractivity contribution in [1.29, 1.82) is 0 Å². The second-order valence-electron chi connectivity index (χ2n) is 6.56. The summed E-state index contributed by atoms with van der Waals surface area (Å²) in [6, 6.07) is 8.85. The summed E-state index contributed by atoms with van der Waals surface area (Å²) in [6.45, 7) is 6.67. The Hall–Kier alpha value is -2.29. The van der Waals surface area contributed by atoms with Crippen molar-refractivity contribution in [2.24, 2.45) is 0 Å². The zero-order valence-electron chi connectivity index (χ0n) is 16.7. The van der Waals surface area contributed by atoms with Crippen LogP contribution in [0.4, 0.5) is 0 Å². The van der Waals surface area contributed by atoms with Crippen molar-refractivity contribution < 1.29 is 9.53 Å². The smallest absolute Gasteiger partial charge is 0.263 e. The molecule has 1 unspecified atom stereocenters. The topological polar surface area (TPSA) is 64.4 Å². The van der Waals surface area contributed by atoms with Gasteiger partial charge in [-0.15, -0.1) is 17.9 Å². The van der Waals surface area contributed by atoms with Gasteiger partial charge in [-0.1, -0.05) is 29.4 Å². The van der Waals surface area contributed by atoms with E-state index in [1.54, 1.807) is 52.9 Å². The van der Waals surface area contributed by atoms with Crippen molar-refractivity contribution in [3.05, 3.63) is 63.7 Å². The highest BCUT2D eigenvalue weighted by Crippen LogP contribution is 2.25. The minimum atomic E-state index is -0.411. The van der Waals surface area contributed by atoms with Crippen LogP contribution in [0, 0.1) is 0 Å². The van der Waals surface area contributed by atoms with Crippen LogP contribution in [0.3, 0.4) is 0 Å². The minimum Gasteiger partial charge on any atom is -0.492 e. The summed E-state index contributed by atoms with van der Waals surface area (Å²) in [4.78, 5) is 32.4. The second kappa shape index (κ2) is 10.1. The highest BCUT2D eigenvalue weighted by molar-refractivity contribution is 8.00. The number of hydrogen-bond acceptors (Lipinski definition) is 6. The number of amides is 1. The lowest BCUT2D eigenvalue weighted by Crippen LogP contribution is -2.36. The number of benzene rings is 1. The van der Waals surface area contributed by atoms with Crippen LogP contribution in [0.2, 0.25) is 5.02 Å². The van der Waals surface area contributed by atoms with E-state index < -0.39 is 5.25 Å². The van der Waals surface area contributed by atoms with Gasteiger partial charge < -0.3 is 9.64 Å². The number of rotatable bonds is 9. The zero-order chi connectivity index (χ0) is 21.7. The number of thioether (sulfide) groups is 1. The van der Waals surface area contributed by atoms with Gasteiger partial charge in [0.25, 0.3) is 5.56 Å². The van der Waals surface area contributed by atoms with Gasteiger partial charge in [-0.25, -0.2) is 4.98 Å². The SMILES string of the molecule is C=CCn1c(SC(C)C(=O)N(C)CCOc2ccc(Cl)cc2)nc2sccc2c1=O. The monoisotopic (exact) mass is 463 g/mol. The molecule has 0 N–H and O–H groups in total. The van der Waals surface area contributed by atoms with Crippen molar-refractivity contribution >= 4 is 50.8 Å². The van der Waals surface area contributed by atoms with Gasteiger partial charge in [0.15, 0.2) is 5.16 Å². The van der Waals surface area contributed by atoms with E-state index >= 15 is 0 Å². The van der Waals surface area contributed by atoms with Gasteiger partial charge >= 0.3 is 0 Å². The Kier molecular flexibility index (Phi) is 7.58. The van der Waals surface area contributed by atoms with E-state index in [9.17, 15) is 9.59 Å². The molecule has 0 fully saturated rings. The molecule has 2 heterocycles. The Morgan fingerprint density at radius 1 is 1.40 bits per heavy atom. The fourth-order valence-electron chi connectivity index (χ4n) is 2.77. The molecule has 6 nitrogen and oxygen atoms in total. The summed E-state index contributed by atoms with van der Waals surface area (Å²) < 4.78 is 7.21. The number of nitrogens with zero attached hydrogens (tertiary/aromatic N) is 3. The molecule has 3 aromatic rings. The predicted molar refractivity (Wildman–Crippen MR) is 124 cm³/mol. The molecule has 1 aromatic carbocycles. The Labute approximate surface area is 188 Å². The maximum absolute atomic E-state index is 12.8. The number of fused-ring (bicyclic) bond motifs is 1. The van der Waals surface area contributed by atoms with Gasteiger partial charge in [-0.3, -0.25) is 14.2 Å². The molecule has 0 aliphatic heterocycles. The normalized spacial score (nSPS) is 12.0. The van der Waals surface area contributed by atoms with Gasteiger partial charge in [0, 0.05) is 18.6 Å². The van der Waals surface area contributed by atoms with E-state index in [1.165, 1.54) is 23.1 Å². The van der Waals surface area contributed by atoms with Crippen molar-refractivity contribution in [1.82, 2.24) is 14.5 Å². The molecular weight excluding hydrogens is 442 g/mol. The summed E-state index contributed by atoms with van der Waals surface area (Å²) in [5.41, 5.74) is -0.118. The largest absolute Gasteiger partial charge is 0.492 e. The number of hydrogen-bond donors (Lipinski definition) is 0. The molecule has 3 rings (SSSR count). The number of allylic oxidation sites excluding steroid dienone is 1. The van der Waals surface area contributed by atoms with Gasteiger partial charge in [0.2, 0.25) is 5.91 Å². The van der Waals surface area contributed by atoms with Gasteiger partial charge in [-0.2, -0.15) is 0 Å². The third-order valence-corrected chi connectivity index (χ3v) is 6.51. The van der Waals surface area contributed by atoms with Crippen LogP contribution in [-0.4, -0.2) is 45.8 Å². The van der Waals surface area contributed by atoms with E-state index in [0.29, 0.717) is 45.8 Å². The second-order valence-corrected chi connectivity index (χ2v) is 9.20. The highest BCUT2D eigenvalue weighted by Gasteiger charge is 2.22. The molecule has 9 heteroatoms. The molecule has 1 amide bonds. The third-order valence-electron chi connectivity index (χ3n) is 4.38. The maximum Gasteiger partial charge on any atom is 0.263 e. The van der Waals surface area contributed by atoms with Crippen molar-refractivity contribution in [2.75, 3.05) is 20.2 Å². The fourth-order valence-corrected chi connectivity index (χ4v) is 4.73. The van der Waals surface area contributed by atoms with Crippen molar-refractivity contribution in [3.63, 3.8) is 0 Å². The molecule has 0 radical (unpaired) electrons. The standard InChI is InChI=1S/C21H22ClN3O3S2/c1-4-10-25-20(27)17-9-13-29-18(17)23-21(25)30-14(2)19(26)24(3)11-12-28-16-7-5-15(22)6-8-16/h4-9,13-14H,1,10-12H2,2-3H3. The first-order valence-electron chi connectivity index (χ1n) is 9.29. The van der Waals surface area contributed by atoms with E-state index in [2.05, 4.69) is 11.6 Å². The fraction of sp³-hybridized carbons (Fsp3) is 0.286. The summed E-state index contributed by atoms with van der Waals surface area (Å²) in [7, 11) is 1.73. The van der Waals surface area contributed by atoms with Crippen LogP contribution in [0.15, 0.2) is 58.3 Å². The molecule has 1 atom stereocenters. The molecule has 0 aliphatic rings. The van der Waals surface area contributed by atoms with Crippen LogP contribution in [0.5, 0.6) is 5.75 Å². The van der Waals surface area contributed by atoms with Gasteiger partial charge in [-0.05, 0) is 42.6 Å². The number of thiophene rings is 1. The number of carbonyl (C=O) groups excluding carboxylic acids is 1. The average Bonchev–Trinajstić information content (AvgIpc) is 3.20. The Balaban J connectivity index is 1.64. The quantitative estimate of drug-likeness (QED) is 0.269. The van der Waals surface area contributed by atoms with E-state index in [4.69, 9.17) is 16.3 Å². The zero-order valence-corrected chi connectivity index (χ0v) is 19.1. The van der Waals surface area contributed by atoms with E-state index in [-0.39, 0.29) is 11.5 Å². The van der Waals surface area contributed by atoms with Crippen LogP contribution in [0.25, 0.3) is 10.2 Å². The summed E-state index contributed by atoms with van der Waals surface area (Å²) in [5, 5.41) is 3.17. The van der Waals surface area contributed by atoms with E-state index in [1.807, 2.05) is 12.3 Å². The van der Waals surface area contributed by atoms with Crippen molar-refractivity contribution in [3.8, 4) is 5.75 Å². The Morgan fingerprint density at radius 3 is 2.83 bits per heavy atom. The predicted octanol–water partition coefficient (Wildman–Crippen LogP) is 4.32. The first-order valence-corrected chi connectivity index (χ1v) is 11.4. The average molecular weight is 464 g/mol. The molecule has 0 saturated heterocycles. The van der Waals surface area contributed by atoms with E-state index in [0.717, 1.165) is 0 Å². The lowest BCUT2D eigenvalue weighted by Gasteiger charge is -2.21. The Morgan fingerprint density at radius 2 is 2.13 bits per heavy atom. The molecule has 0 spiro atoms. The van der Waals surface area contributed by atoms with Crippen LogP contribution >= 0.6 is 34.7 Å². The third kappa shape index (κ3) is 5.24. The lowest BCUT2D eigenvalue weighted by molar-refractivity contribution is -0.129. The van der Waals surface area contributed by atoms with Crippen molar-refractivity contribution in [2.45, 2.75) is 23.9 Å². The number of aromatic nitrogens is 2. The molecule has 0 aliphatic carbocycles. The molecule has 30 heavy (non-hydrogen) atoms. The molecule has 0 bridgehead atoms. The molecule has 2 aromatic heterocycles. The lowest BCUT2D eigenvalue weighted by atomic mass is 10.3. The van der Waals surface area contributed by atoms with Crippen LogP contribution in [-0.2, 0) is 11.3 Å². The van der Waals surface area contributed by atoms with Crippen LogP contribution in [0.1, 0.15) is 6.92 Å². The minimum absolute atomic E-state index is 0.0645. The van der Waals surface area contributed by atoms with Gasteiger partial charge in [0.05, 0.1) is 17.2 Å². The Bertz CT molecular complexity index is 1100. The maximum atomic E-state index is 12.8. The first kappa shape index (κ1) is 22.4. The first-order chi connectivity index (χ1) is 14.4. The number of ether oxygens (including phenoxy) is 1. The highest BCUT2D eigenvalue weighted by atomic mass is 35.5. The summed E-state index contributed by atoms with van der Waals surface area (Å²) >= 11 is 8.55. The van der Waals surface area contributed by atoms with Crippen LogP contribution < -0.4 is 10.3 Å². The number of carbonyl (C=O) groups is 1. The summed E-state index contributed by atoms with van der Waals surface area (Å²) in [6.07, 6.45) is 1.65. The number of likely N-dealkylation sites (N-methyl/N-ethyl adjacent to an activating group) is 1. The van der Waals surface area contributed by atoms with Gasteiger partial charge in [0.1, 0.15) is 17.2 Å². The molecule has 158 valence electrons. The molecule has 0 saturated carbocycles. The summed E-state index contributed by atoms with van der Waals surface area (Å²) in [5.74, 6) is 0.634. The number of halogens is 1.